The number of rotatable bonds is 5. The maximum absolute atomic E-state index is 4.97. The molecule has 1 heterocycles. The smallest absolute Gasteiger partial charge is 0.113 e. The van der Waals surface area contributed by atoms with Crippen molar-refractivity contribution < 1.29 is 0 Å². The number of nitrogens with one attached hydrogen (secondary N) is 1. The van der Waals surface area contributed by atoms with Gasteiger partial charge in [0, 0.05) is 11.4 Å². The molecule has 1 aliphatic carbocycles. The van der Waals surface area contributed by atoms with Crippen molar-refractivity contribution in [3.05, 3.63) is 16.1 Å². The largest absolute Gasteiger partial charge is 0.303 e. The zero-order valence-corrected chi connectivity index (χ0v) is 14.5. The Morgan fingerprint density at radius 2 is 1.85 bits per heavy atom. The van der Waals surface area contributed by atoms with Crippen molar-refractivity contribution in [2.75, 3.05) is 0 Å². The molecule has 1 aromatic heterocycles. The Kier molecular flexibility index (Phi) is 5.25. The highest BCUT2D eigenvalue weighted by molar-refractivity contribution is 7.09. The molecule has 2 rings (SSSR count). The van der Waals surface area contributed by atoms with Gasteiger partial charge in [0.25, 0.3) is 0 Å². The molecule has 0 saturated heterocycles. The average molecular weight is 295 g/mol. The van der Waals surface area contributed by atoms with Gasteiger partial charge in [0.2, 0.25) is 0 Å². The van der Waals surface area contributed by atoms with Crippen molar-refractivity contribution in [2.24, 2.45) is 5.92 Å². The van der Waals surface area contributed by atoms with Crippen LogP contribution >= 0.6 is 11.3 Å². The van der Waals surface area contributed by atoms with Crippen molar-refractivity contribution >= 4 is 11.3 Å². The van der Waals surface area contributed by atoms with Gasteiger partial charge in [0.1, 0.15) is 5.01 Å². The first kappa shape index (κ1) is 16.0. The molecular formula is C17H30N2S. The van der Waals surface area contributed by atoms with Crippen LogP contribution in [0, 0.1) is 5.92 Å². The molecule has 0 radical (unpaired) electrons. The molecule has 1 N–H and O–H groups in total. The van der Waals surface area contributed by atoms with Crippen molar-refractivity contribution in [2.45, 2.75) is 84.2 Å². The Bertz CT molecular complexity index is 418. The molecule has 0 bridgehead atoms. The molecule has 0 spiro atoms. The Hall–Kier alpha value is -0.410. The van der Waals surface area contributed by atoms with E-state index in [0.29, 0.717) is 12.0 Å². The molecule has 1 aromatic rings. The van der Waals surface area contributed by atoms with E-state index in [0.717, 1.165) is 5.92 Å². The second-order valence-electron chi connectivity index (χ2n) is 7.07. The molecule has 1 fully saturated rings. The molecule has 0 aromatic carbocycles. The fourth-order valence-electron chi connectivity index (χ4n) is 3.42. The van der Waals surface area contributed by atoms with E-state index in [9.17, 15) is 0 Å². The van der Waals surface area contributed by atoms with Crippen LogP contribution in [-0.2, 0) is 5.54 Å². The lowest BCUT2D eigenvalue weighted by Crippen LogP contribution is -2.49. The van der Waals surface area contributed by atoms with Crippen LogP contribution in [-0.4, -0.2) is 11.0 Å². The first-order valence-electron chi connectivity index (χ1n) is 8.17. The fourth-order valence-corrected chi connectivity index (χ4v) is 4.61. The average Bonchev–Trinajstić information content (AvgIpc) is 2.89. The fraction of sp³-hybridized carbons (Fsp3) is 0.824. The second kappa shape index (κ2) is 6.57. The Morgan fingerprint density at radius 1 is 1.20 bits per heavy atom. The van der Waals surface area contributed by atoms with Crippen LogP contribution in [0.3, 0.4) is 0 Å². The summed E-state index contributed by atoms with van der Waals surface area (Å²) in [7, 11) is 0. The van der Waals surface area contributed by atoms with Crippen LogP contribution in [0.15, 0.2) is 5.38 Å². The summed E-state index contributed by atoms with van der Waals surface area (Å²) in [6.45, 7) is 11.3. The molecule has 3 heteroatoms. The second-order valence-corrected chi connectivity index (χ2v) is 7.93. The maximum atomic E-state index is 4.97. The minimum Gasteiger partial charge on any atom is -0.303 e. The zero-order chi connectivity index (χ0) is 14.8. The summed E-state index contributed by atoms with van der Waals surface area (Å²) in [5.41, 5.74) is 1.30. The lowest BCUT2D eigenvalue weighted by atomic mass is 9.75. The van der Waals surface area contributed by atoms with Gasteiger partial charge in [0.05, 0.1) is 11.2 Å². The SMILES string of the molecule is CC(C)NC(C)(c1nc(C(C)C)cs1)C1CCCCC1. The third-order valence-electron chi connectivity index (χ3n) is 4.57. The lowest BCUT2D eigenvalue weighted by molar-refractivity contribution is 0.165. The summed E-state index contributed by atoms with van der Waals surface area (Å²) >= 11 is 1.85. The maximum Gasteiger partial charge on any atom is 0.113 e. The highest BCUT2D eigenvalue weighted by Gasteiger charge is 2.39. The zero-order valence-electron chi connectivity index (χ0n) is 13.7. The van der Waals surface area contributed by atoms with Gasteiger partial charge in [-0.3, -0.25) is 0 Å². The minimum absolute atomic E-state index is 0.0480. The van der Waals surface area contributed by atoms with Crippen molar-refractivity contribution in [3.63, 3.8) is 0 Å². The van der Waals surface area contributed by atoms with E-state index in [4.69, 9.17) is 4.98 Å². The van der Waals surface area contributed by atoms with Gasteiger partial charge in [-0.2, -0.15) is 0 Å². The van der Waals surface area contributed by atoms with Gasteiger partial charge in [0.15, 0.2) is 0 Å². The minimum atomic E-state index is 0.0480. The van der Waals surface area contributed by atoms with E-state index >= 15 is 0 Å². The first-order chi connectivity index (χ1) is 9.43. The van der Waals surface area contributed by atoms with Crippen molar-refractivity contribution in [1.29, 1.82) is 0 Å². The Labute approximate surface area is 128 Å². The molecule has 0 aliphatic heterocycles. The van der Waals surface area contributed by atoms with E-state index in [1.807, 2.05) is 11.3 Å². The molecule has 1 unspecified atom stereocenters. The van der Waals surface area contributed by atoms with Crippen LogP contribution in [0.5, 0.6) is 0 Å². The van der Waals surface area contributed by atoms with Crippen molar-refractivity contribution in [1.82, 2.24) is 10.3 Å². The van der Waals surface area contributed by atoms with Crippen molar-refractivity contribution in [3.8, 4) is 0 Å². The summed E-state index contributed by atoms with van der Waals surface area (Å²) in [4.78, 5) is 4.97. The quantitative estimate of drug-likeness (QED) is 0.821. The van der Waals surface area contributed by atoms with Gasteiger partial charge in [-0.05, 0) is 45.4 Å². The molecule has 1 atom stereocenters. The number of aromatic nitrogens is 1. The van der Waals surface area contributed by atoms with Crippen LogP contribution in [0.1, 0.15) is 83.3 Å². The van der Waals surface area contributed by atoms with Crippen LogP contribution in [0.25, 0.3) is 0 Å². The van der Waals surface area contributed by atoms with Crippen LogP contribution in [0.2, 0.25) is 0 Å². The third-order valence-corrected chi connectivity index (χ3v) is 5.67. The standard InChI is InChI=1S/C17H30N2S/c1-12(2)15-11-20-16(18-15)17(5,19-13(3)4)14-9-7-6-8-10-14/h11-14,19H,6-10H2,1-5H3. The number of hydrogen-bond acceptors (Lipinski definition) is 3. The molecule has 114 valence electrons. The van der Waals surface area contributed by atoms with Gasteiger partial charge in [-0.15, -0.1) is 11.3 Å². The molecule has 20 heavy (non-hydrogen) atoms. The van der Waals surface area contributed by atoms with E-state index in [1.54, 1.807) is 0 Å². The van der Waals surface area contributed by atoms with E-state index in [1.165, 1.54) is 42.8 Å². The van der Waals surface area contributed by atoms with Crippen LogP contribution < -0.4 is 5.32 Å². The number of thiazole rings is 1. The molecular weight excluding hydrogens is 264 g/mol. The summed E-state index contributed by atoms with van der Waals surface area (Å²) in [5.74, 6) is 1.25. The Morgan fingerprint density at radius 3 is 2.35 bits per heavy atom. The van der Waals surface area contributed by atoms with Gasteiger partial charge in [-0.1, -0.05) is 33.1 Å². The van der Waals surface area contributed by atoms with Crippen LogP contribution in [0.4, 0.5) is 0 Å². The topological polar surface area (TPSA) is 24.9 Å². The normalized spacial score (nSPS) is 20.6. The van der Waals surface area contributed by atoms with Gasteiger partial charge in [-0.25, -0.2) is 4.98 Å². The molecule has 1 saturated carbocycles. The van der Waals surface area contributed by atoms with E-state index < -0.39 is 0 Å². The monoisotopic (exact) mass is 294 g/mol. The highest BCUT2D eigenvalue weighted by atomic mass is 32.1. The van der Waals surface area contributed by atoms with E-state index in [2.05, 4.69) is 45.3 Å². The number of nitrogens with zero attached hydrogens (tertiary/aromatic N) is 1. The third kappa shape index (κ3) is 3.43. The summed E-state index contributed by atoms with van der Waals surface area (Å²) in [5, 5.41) is 7.39. The summed E-state index contributed by atoms with van der Waals surface area (Å²) in [6, 6.07) is 0.494. The highest BCUT2D eigenvalue weighted by Crippen LogP contribution is 2.41. The summed E-state index contributed by atoms with van der Waals surface area (Å²) < 4.78 is 0. The van der Waals surface area contributed by atoms with Gasteiger partial charge < -0.3 is 5.32 Å². The predicted octanol–water partition coefficient (Wildman–Crippen LogP) is 5.06. The first-order valence-corrected chi connectivity index (χ1v) is 9.05. The molecule has 0 amide bonds. The molecule has 1 aliphatic rings. The Balaban J connectivity index is 2.28. The van der Waals surface area contributed by atoms with E-state index in [-0.39, 0.29) is 5.54 Å². The summed E-state index contributed by atoms with van der Waals surface area (Å²) in [6.07, 6.45) is 6.84. The predicted molar refractivity (Wildman–Crippen MR) is 88.4 cm³/mol. The lowest BCUT2D eigenvalue weighted by Gasteiger charge is -2.40. The number of hydrogen-bond donors (Lipinski definition) is 1. The molecule has 2 nitrogen and oxygen atoms in total. The van der Waals surface area contributed by atoms with Gasteiger partial charge >= 0.3 is 0 Å².